The van der Waals surface area contributed by atoms with Crippen molar-refractivity contribution >= 4 is 5.97 Å². The van der Waals surface area contributed by atoms with Gasteiger partial charge < -0.3 is 10.8 Å². The summed E-state index contributed by atoms with van der Waals surface area (Å²) in [6.45, 7) is 8.46. The maximum absolute atomic E-state index is 10.9. The van der Waals surface area contributed by atoms with E-state index in [9.17, 15) is 4.79 Å². The Morgan fingerprint density at radius 2 is 1.86 bits per heavy atom. The van der Waals surface area contributed by atoms with E-state index < -0.39 is 12.0 Å². The lowest BCUT2D eigenvalue weighted by atomic mass is 9.97. The molecular formula is C18H23NO2. The van der Waals surface area contributed by atoms with Crippen molar-refractivity contribution in [2.45, 2.75) is 46.1 Å². The minimum atomic E-state index is -0.865. The molecule has 3 nitrogen and oxygen atoms in total. The highest BCUT2D eigenvalue weighted by atomic mass is 16.4. The maximum Gasteiger partial charge on any atom is 0.305 e. The third-order valence-electron chi connectivity index (χ3n) is 4.05. The predicted octanol–water partition coefficient (Wildman–Crippen LogP) is 4.01. The summed E-state index contributed by atoms with van der Waals surface area (Å²) >= 11 is 0. The lowest BCUT2D eigenvalue weighted by Gasteiger charge is -2.11. The smallest absolute Gasteiger partial charge is 0.305 e. The molecule has 0 amide bonds. The number of aryl methyl sites for hydroxylation is 2. The summed E-state index contributed by atoms with van der Waals surface area (Å²) in [5.41, 5.74) is 12.9. The van der Waals surface area contributed by atoms with Crippen molar-refractivity contribution in [3.05, 3.63) is 46.5 Å². The average Bonchev–Trinajstić information content (AvgIpc) is 2.59. The molecule has 21 heavy (non-hydrogen) atoms. The second-order valence-electron chi connectivity index (χ2n) is 6.09. The highest BCUT2D eigenvalue weighted by Gasteiger charge is 2.21. The number of rotatable bonds is 4. The van der Waals surface area contributed by atoms with Crippen molar-refractivity contribution in [2.24, 2.45) is 5.73 Å². The van der Waals surface area contributed by atoms with Gasteiger partial charge in [-0.1, -0.05) is 38.1 Å². The Morgan fingerprint density at radius 1 is 1.19 bits per heavy atom. The third-order valence-corrected chi connectivity index (χ3v) is 4.05. The summed E-state index contributed by atoms with van der Waals surface area (Å²) < 4.78 is 0. The van der Waals surface area contributed by atoms with E-state index in [0.29, 0.717) is 5.92 Å². The van der Waals surface area contributed by atoms with Crippen LogP contribution in [0.2, 0.25) is 0 Å². The molecule has 2 rings (SSSR count). The molecule has 0 aromatic carbocycles. The average molecular weight is 285 g/mol. The SMILES string of the molecule is Cc1cc(C(N)CC(=O)O)c2c(C)ccc(C(C)C)cc1-2. The van der Waals surface area contributed by atoms with Crippen molar-refractivity contribution in [2.75, 3.05) is 0 Å². The molecule has 0 fully saturated rings. The highest BCUT2D eigenvalue weighted by Crippen LogP contribution is 2.39. The minimum Gasteiger partial charge on any atom is -0.481 e. The number of hydrogen-bond donors (Lipinski definition) is 2. The fourth-order valence-electron chi connectivity index (χ4n) is 2.83. The molecule has 0 heterocycles. The molecule has 2 aliphatic rings. The first-order chi connectivity index (χ1) is 9.81. The summed E-state index contributed by atoms with van der Waals surface area (Å²) in [4.78, 5) is 10.9. The van der Waals surface area contributed by atoms with Gasteiger partial charge in [0.15, 0.2) is 0 Å². The number of hydrogen-bond acceptors (Lipinski definition) is 2. The van der Waals surface area contributed by atoms with Crippen molar-refractivity contribution < 1.29 is 9.90 Å². The first-order valence-electron chi connectivity index (χ1n) is 7.32. The molecular weight excluding hydrogens is 262 g/mol. The second kappa shape index (κ2) is 5.86. The number of carboxylic acid groups (broad SMARTS) is 1. The Morgan fingerprint density at radius 3 is 2.43 bits per heavy atom. The molecule has 112 valence electrons. The first kappa shape index (κ1) is 15.5. The summed E-state index contributed by atoms with van der Waals surface area (Å²) in [5, 5.41) is 8.98. The maximum atomic E-state index is 10.9. The zero-order chi connectivity index (χ0) is 15.7. The topological polar surface area (TPSA) is 63.3 Å². The molecule has 2 aliphatic carbocycles. The van der Waals surface area contributed by atoms with Crippen LogP contribution in [-0.4, -0.2) is 11.1 Å². The van der Waals surface area contributed by atoms with E-state index >= 15 is 0 Å². The van der Waals surface area contributed by atoms with Gasteiger partial charge in [-0.25, -0.2) is 0 Å². The van der Waals surface area contributed by atoms with Gasteiger partial charge in [-0.3, -0.25) is 4.79 Å². The van der Waals surface area contributed by atoms with E-state index in [1.54, 1.807) is 0 Å². The van der Waals surface area contributed by atoms with Crippen LogP contribution >= 0.6 is 0 Å². The monoisotopic (exact) mass is 285 g/mol. The Balaban J connectivity index is 2.61. The summed E-state index contributed by atoms with van der Waals surface area (Å²) in [6, 6.07) is 8.02. The van der Waals surface area contributed by atoms with E-state index in [2.05, 4.69) is 45.9 Å². The summed E-state index contributed by atoms with van der Waals surface area (Å²) in [6.07, 6.45) is -0.0480. The van der Waals surface area contributed by atoms with E-state index in [0.717, 1.165) is 22.3 Å². The largest absolute Gasteiger partial charge is 0.481 e. The molecule has 0 aromatic heterocycles. The van der Waals surface area contributed by atoms with Gasteiger partial charge in [0.1, 0.15) is 0 Å². The van der Waals surface area contributed by atoms with E-state index in [4.69, 9.17) is 10.8 Å². The van der Waals surface area contributed by atoms with Gasteiger partial charge in [0.2, 0.25) is 0 Å². The Bertz CT molecular complexity index is 646. The predicted molar refractivity (Wildman–Crippen MR) is 85.8 cm³/mol. The van der Waals surface area contributed by atoms with Crippen molar-refractivity contribution in [3.8, 4) is 11.1 Å². The molecule has 0 radical (unpaired) electrons. The molecule has 0 saturated carbocycles. The van der Waals surface area contributed by atoms with Crippen LogP contribution < -0.4 is 5.73 Å². The summed E-state index contributed by atoms with van der Waals surface area (Å²) in [7, 11) is 0. The quantitative estimate of drug-likeness (QED) is 0.892. The molecule has 3 N–H and O–H groups in total. The molecule has 0 spiro atoms. The molecule has 0 saturated heterocycles. The van der Waals surface area contributed by atoms with Crippen LogP contribution in [0.15, 0.2) is 24.3 Å². The van der Waals surface area contributed by atoms with Crippen LogP contribution in [0.4, 0.5) is 0 Å². The third kappa shape index (κ3) is 3.08. The van der Waals surface area contributed by atoms with Gasteiger partial charge in [0, 0.05) is 6.04 Å². The summed E-state index contributed by atoms with van der Waals surface area (Å²) in [5.74, 6) is -0.416. The van der Waals surface area contributed by atoms with Gasteiger partial charge in [0.25, 0.3) is 0 Å². The number of fused-ring (bicyclic) bond motifs is 1. The van der Waals surface area contributed by atoms with Crippen molar-refractivity contribution in [3.63, 3.8) is 0 Å². The van der Waals surface area contributed by atoms with E-state index in [1.807, 2.05) is 6.07 Å². The zero-order valence-electron chi connectivity index (χ0n) is 13.1. The lowest BCUT2D eigenvalue weighted by molar-refractivity contribution is -0.137. The highest BCUT2D eigenvalue weighted by molar-refractivity contribution is 5.79. The zero-order valence-corrected chi connectivity index (χ0v) is 13.1. The fraction of sp³-hybridized carbons (Fsp3) is 0.389. The minimum absolute atomic E-state index is 0.0480. The van der Waals surface area contributed by atoms with Gasteiger partial charge in [0.05, 0.1) is 6.42 Å². The molecule has 0 aliphatic heterocycles. The first-order valence-corrected chi connectivity index (χ1v) is 7.32. The van der Waals surface area contributed by atoms with Crippen molar-refractivity contribution in [1.29, 1.82) is 0 Å². The second-order valence-corrected chi connectivity index (χ2v) is 6.09. The fourth-order valence-corrected chi connectivity index (χ4v) is 2.83. The van der Waals surface area contributed by atoms with Crippen LogP contribution in [0.25, 0.3) is 11.1 Å². The number of carbonyl (C=O) groups is 1. The Labute approximate surface area is 126 Å². The Hall–Kier alpha value is -1.87. The van der Waals surface area contributed by atoms with Crippen LogP contribution in [0.5, 0.6) is 0 Å². The molecule has 1 unspecified atom stereocenters. The van der Waals surface area contributed by atoms with E-state index in [-0.39, 0.29) is 6.42 Å². The van der Waals surface area contributed by atoms with Crippen LogP contribution in [0.1, 0.15) is 54.5 Å². The number of carboxylic acids is 1. The van der Waals surface area contributed by atoms with Gasteiger partial charge in [-0.05, 0) is 53.1 Å². The normalized spacial score (nSPS) is 12.9. The number of aliphatic carboxylic acids is 1. The molecule has 1 atom stereocenters. The van der Waals surface area contributed by atoms with Crippen molar-refractivity contribution in [1.82, 2.24) is 0 Å². The van der Waals surface area contributed by atoms with E-state index in [1.165, 1.54) is 11.1 Å². The molecule has 0 bridgehead atoms. The van der Waals surface area contributed by atoms with Gasteiger partial charge in [-0.2, -0.15) is 0 Å². The lowest BCUT2D eigenvalue weighted by Crippen LogP contribution is -2.15. The van der Waals surface area contributed by atoms with Gasteiger partial charge in [-0.15, -0.1) is 0 Å². The Kier molecular flexibility index (Phi) is 4.33. The number of nitrogens with two attached hydrogens (primary N) is 1. The molecule has 3 heteroatoms. The van der Waals surface area contributed by atoms with Gasteiger partial charge >= 0.3 is 5.97 Å². The molecule has 0 aromatic rings. The van der Waals surface area contributed by atoms with Crippen LogP contribution in [0.3, 0.4) is 0 Å². The van der Waals surface area contributed by atoms with Crippen LogP contribution in [-0.2, 0) is 4.79 Å². The van der Waals surface area contributed by atoms with Crippen LogP contribution in [0, 0.1) is 13.8 Å². The standard InChI is InChI=1S/C18H23NO2/c1-10(2)13-6-5-11(3)18-14(8-13)12(4)7-15(18)16(19)9-17(20)21/h5-8,10,16H,9,19H2,1-4H3,(H,20,21).